The molecule has 3 aromatic carbocycles. The number of hydrogen-bond donors (Lipinski definition) is 0. The second kappa shape index (κ2) is 10.6. The fourth-order valence-electron chi connectivity index (χ4n) is 3.83. The number of sulfonamides is 1. The van der Waals surface area contributed by atoms with Gasteiger partial charge in [0, 0.05) is 18.7 Å². The highest BCUT2D eigenvalue weighted by Gasteiger charge is 2.26. The first-order valence-electron chi connectivity index (χ1n) is 11.2. The number of ether oxygens (including phenoxy) is 1. The second-order valence-corrected chi connectivity index (χ2v) is 10.0. The molecule has 0 saturated carbocycles. The Balaban J connectivity index is 1.44. The quantitative estimate of drug-likeness (QED) is 0.203. The summed E-state index contributed by atoms with van der Waals surface area (Å²) in [5, 5.41) is 9.41. The molecule has 0 amide bonds. The van der Waals surface area contributed by atoms with E-state index in [-0.39, 0.29) is 27.3 Å². The van der Waals surface area contributed by atoms with E-state index >= 15 is 0 Å². The van der Waals surface area contributed by atoms with Gasteiger partial charge in [-0.05, 0) is 66.9 Å². The molecule has 178 valence electrons. The van der Waals surface area contributed by atoms with Gasteiger partial charge in [0.25, 0.3) is 0 Å². The average Bonchev–Trinajstić information content (AvgIpc) is 2.89. The summed E-state index contributed by atoms with van der Waals surface area (Å²) < 4.78 is 46.4. The van der Waals surface area contributed by atoms with Crippen LogP contribution in [0.25, 0.3) is 11.6 Å². The highest BCUT2D eigenvalue weighted by atomic mass is 32.2. The van der Waals surface area contributed by atoms with Crippen molar-refractivity contribution in [2.24, 2.45) is 0 Å². The lowest BCUT2D eigenvalue weighted by molar-refractivity contribution is 0.0734. The summed E-state index contributed by atoms with van der Waals surface area (Å²) in [6, 6.07) is 20.2. The van der Waals surface area contributed by atoms with Crippen molar-refractivity contribution in [2.75, 3.05) is 13.1 Å². The van der Waals surface area contributed by atoms with Gasteiger partial charge in [-0.3, -0.25) is 0 Å². The van der Waals surface area contributed by atoms with E-state index in [1.807, 2.05) is 6.07 Å². The molecule has 35 heavy (non-hydrogen) atoms. The Kier molecular flexibility index (Phi) is 7.39. The van der Waals surface area contributed by atoms with Crippen molar-refractivity contribution in [3.05, 3.63) is 95.3 Å². The average molecular weight is 491 g/mol. The Labute approximate surface area is 203 Å². The standard InChI is InChI=1S/C27H23FN2O4S/c28-26-7-3-2-6-25(26)22(19-29)18-20-8-12-23(13-9-20)34-27(31)21-10-14-24(15-11-21)35(32,33)30-16-4-1-5-17-30/h2-3,6-15,18H,1,4-5,16-17H2/b22-18-. The minimum atomic E-state index is -3.57. The van der Waals surface area contributed by atoms with Crippen LogP contribution in [0, 0.1) is 17.1 Å². The van der Waals surface area contributed by atoms with Gasteiger partial charge >= 0.3 is 5.97 Å². The molecule has 0 bridgehead atoms. The molecule has 0 atom stereocenters. The molecule has 8 heteroatoms. The number of piperidine rings is 1. The third kappa shape index (κ3) is 5.65. The van der Waals surface area contributed by atoms with Crippen LogP contribution in [0.3, 0.4) is 0 Å². The molecule has 1 heterocycles. The number of benzene rings is 3. The van der Waals surface area contributed by atoms with E-state index < -0.39 is 21.8 Å². The highest BCUT2D eigenvalue weighted by molar-refractivity contribution is 7.89. The molecule has 1 fully saturated rings. The predicted molar refractivity (Wildman–Crippen MR) is 130 cm³/mol. The molecule has 0 aliphatic carbocycles. The maximum atomic E-state index is 14.0. The zero-order valence-corrected chi connectivity index (χ0v) is 19.7. The van der Waals surface area contributed by atoms with Crippen LogP contribution >= 0.6 is 0 Å². The molecule has 0 aromatic heterocycles. The fraction of sp³-hybridized carbons (Fsp3) is 0.185. The van der Waals surface area contributed by atoms with Crippen LogP contribution in [0.5, 0.6) is 5.75 Å². The molecule has 0 radical (unpaired) electrons. The molecule has 0 N–H and O–H groups in total. The van der Waals surface area contributed by atoms with E-state index in [2.05, 4.69) is 0 Å². The molecule has 0 spiro atoms. The van der Waals surface area contributed by atoms with Gasteiger partial charge in [0.05, 0.1) is 22.1 Å². The zero-order valence-electron chi connectivity index (χ0n) is 18.9. The van der Waals surface area contributed by atoms with Gasteiger partial charge in [-0.2, -0.15) is 9.57 Å². The molecule has 1 saturated heterocycles. The van der Waals surface area contributed by atoms with Gasteiger partial charge in [-0.15, -0.1) is 0 Å². The van der Waals surface area contributed by atoms with Gasteiger partial charge in [-0.25, -0.2) is 17.6 Å². The molecule has 1 aliphatic rings. The first kappa shape index (κ1) is 24.3. The number of rotatable bonds is 6. The minimum Gasteiger partial charge on any atom is -0.423 e. The minimum absolute atomic E-state index is 0.148. The monoisotopic (exact) mass is 490 g/mol. The number of nitrogens with zero attached hydrogens (tertiary/aromatic N) is 2. The number of carbonyl (C=O) groups excluding carboxylic acids is 1. The van der Waals surface area contributed by atoms with Crippen LogP contribution in [0.2, 0.25) is 0 Å². The number of halogens is 1. The molecule has 4 rings (SSSR count). The Hall–Kier alpha value is -3.80. The summed E-state index contributed by atoms with van der Waals surface area (Å²) in [4.78, 5) is 12.7. The summed E-state index contributed by atoms with van der Waals surface area (Å²) >= 11 is 0. The lowest BCUT2D eigenvalue weighted by atomic mass is 10.0. The Morgan fingerprint density at radius 3 is 2.23 bits per heavy atom. The molecular formula is C27H23FN2O4S. The Bertz CT molecular complexity index is 1390. The van der Waals surface area contributed by atoms with Gasteiger partial charge < -0.3 is 4.74 Å². The smallest absolute Gasteiger partial charge is 0.343 e. The van der Waals surface area contributed by atoms with Gasteiger partial charge in [-0.1, -0.05) is 36.8 Å². The lowest BCUT2D eigenvalue weighted by Crippen LogP contribution is -2.35. The summed E-state index contributed by atoms with van der Waals surface area (Å²) in [7, 11) is -3.57. The first-order valence-corrected chi connectivity index (χ1v) is 12.6. The van der Waals surface area contributed by atoms with Crippen molar-refractivity contribution in [1.29, 1.82) is 5.26 Å². The first-order chi connectivity index (χ1) is 16.9. The number of carbonyl (C=O) groups is 1. The third-order valence-electron chi connectivity index (χ3n) is 5.73. The number of allylic oxidation sites excluding steroid dienone is 1. The van der Waals surface area contributed by atoms with E-state index in [9.17, 15) is 22.9 Å². The summed E-state index contributed by atoms with van der Waals surface area (Å²) in [6.07, 6.45) is 4.27. The maximum Gasteiger partial charge on any atom is 0.343 e. The van der Waals surface area contributed by atoms with Crippen LogP contribution < -0.4 is 4.74 Å². The van der Waals surface area contributed by atoms with Crippen LogP contribution in [0.15, 0.2) is 77.7 Å². The molecule has 0 unspecified atom stereocenters. The maximum absolute atomic E-state index is 14.0. The van der Waals surface area contributed by atoms with Gasteiger partial charge in [0.15, 0.2) is 0 Å². The second-order valence-electron chi connectivity index (χ2n) is 8.10. The number of hydrogen-bond acceptors (Lipinski definition) is 5. The number of esters is 1. The zero-order chi connectivity index (χ0) is 24.8. The van der Waals surface area contributed by atoms with E-state index in [0.29, 0.717) is 18.7 Å². The van der Waals surface area contributed by atoms with Crippen molar-refractivity contribution >= 4 is 27.6 Å². The van der Waals surface area contributed by atoms with Crippen molar-refractivity contribution < 1.29 is 22.3 Å². The van der Waals surface area contributed by atoms with E-state index in [1.54, 1.807) is 42.5 Å². The Morgan fingerprint density at radius 1 is 0.943 bits per heavy atom. The van der Waals surface area contributed by atoms with Crippen LogP contribution in [-0.2, 0) is 10.0 Å². The molecule has 1 aliphatic heterocycles. The van der Waals surface area contributed by atoms with Crippen LogP contribution in [0.1, 0.15) is 40.7 Å². The SMILES string of the molecule is N#C/C(=C/c1ccc(OC(=O)c2ccc(S(=O)(=O)N3CCCCC3)cc2)cc1)c1ccccc1F. The lowest BCUT2D eigenvalue weighted by Gasteiger charge is -2.25. The largest absolute Gasteiger partial charge is 0.423 e. The number of nitriles is 1. The van der Waals surface area contributed by atoms with E-state index in [1.165, 1.54) is 40.7 Å². The summed E-state index contributed by atoms with van der Waals surface area (Å²) in [6.45, 7) is 1.01. The third-order valence-corrected chi connectivity index (χ3v) is 7.64. The Morgan fingerprint density at radius 2 is 1.60 bits per heavy atom. The topological polar surface area (TPSA) is 87.5 Å². The van der Waals surface area contributed by atoms with Crippen molar-refractivity contribution in [3.63, 3.8) is 0 Å². The van der Waals surface area contributed by atoms with Gasteiger partial charge in [0.1, 0.15) is 11.6 Å². The van der Waals surface area contributed by atoms with Gasteiger partial charge in [0.2, 0.25) is 10.0 Å². The van der Waals surface area contributed by atoms with E-state index in [4.69, 9.17) is 4.74 Å². The molecule has 6 nitrogen and oxygen atoms in total. The summed E-state index contributed by atoms with van der Waals surface area (Å²) in [5.74, 6) is -0.832. The predicted octanol–water partition coefficient (Wildman–Crippen LogP) is 5.28. The van der Waals surface area contributed by atoms with Crippen molar-refractivity contribution in [1.82, 2.24) is 4.31 Å². The molecule has 3 aromatic rings. The van der Waals surface area contributed by atoms with E-state index in [0.717, 1.165) is 19.3 Å². The highest BCUT2D eigenvalue weighted by Crippen LogP contribution is 2.23. The van der Waals surface area contributed by atoms with Crippen LogP contribution in [0.4, 0.5) is 4.39 Å². The van der Waals surface area contributed by atoms with Crippen molar-refractivity contribution in [3.8, 4) is 11.8 Å². The fourth-order valence-corrected chi connectivity index (χ4v) is 5.35. The normalized spacial score (nSPS) is 14.8. The van der Waals surface area contributed by atoms with Crippen LogP contribution in [-0.4, -0.2) is 31.8 Å². The molecular weight excluding hydrogens is 467 g/mol. The summed E-state index contributed by atoms with van der Waals surface area (Å²) in [5.41, 5.74) is 1.23. The van der Waals surface area contributed by atoms with Crippen molar-refractivity contribution in [2.45, 2.75) is 24.2 Å².